The fourth-order valence-electron chi connectivity index (χ4n) is 1.30. The quantitative estimate of drug-likeness (QED) is 0.667. The molecule has 4 heteroatoms. The molecule has 0 saturated heterocycles. The summed E-state index contributed by atoms with van der Waals surface area (Å²) in [5.41, 5.74) is 0. The third-order valence-corrected chi connectivity index (χ3v) is 2.19. The van der Waals surface area contributed by atoms with Crippen LogP contribution in [0.1, 0.15) is 6.42 Å². The van der Waals surface area contributed by atoms with Crippen molar-refractivity contribution in [3.8, 4) is 11.5 Å². The number of methoxy groups -OCH3 is 3. The van der Waals surface area contributed by atoms with Crippen LogP contribution in [0, 0.1) is 0 Å². The average Bonchev–Trinajstić information content (AvgIpc) is 2.35. The Hall–Kier alpha value is -1.26. The zero-order valence-electron chi connectivity index (χ0n) is 9.93. The molecule has 0 aromatic heterocycles. The van der Waals surface area contributed by atoms with E-state index in [1.807, 2.05) is 24.3 Å². The largest absolute Gasteiger partial charge is 0.497 e. The van der Waals surface area contributed by atoms with Crippen LogP contribution in [0.2, 0.25) is 0 Å². The van der Waals surface area contributed by atoms with Gasteiger partial charge in [0.25, 0.3) is 0 Å². The number of rotatable bonds is 7. The standard InChI is InChI=1S/C12H18O4/c1-13-10-5-4-6-11(9-10)16-8-7-12(14-2)15-3/h4-6,9,12H,7-8H2,1-3H3. The first kappa shape index (κ1) is 12.8. The first-order valence-corrected chi connectivity index (χ1v) is 5.12. The number of hydrogen-bond acceptors (Lipinski definition) is 4. The highest BCUT2D eigenvalue weighted by molar-refractivity contribution is 5.32. The predicted molar refractivity (Wildman–Crippen MR) is 60.9 cm³/mol. The van der Waals surface area contributed by atoms with Crippen LogP contribution in [0.3, 0.4) is 0 Å². The summed E-state index contributed by atoms with van der Waals surface area (Å²) in [6, 6.07) is 7.49. The third kappa shape index (κ3) is 4.08. The second-order valence-corrected chi connectivity index (χ2v) is 3.22. The van der Waals surface area contributed by atoms with Crippen LogP contribution in [0.25, 0.3) is 0 Å². The molecule has 0 aliphatic carbocycles. The summed E-state index contributed by atoms with van der Waals surface area (Å²) in [6.45, 7) is 0.541. The summed E-state index contributed by atoms with van der Waals surface area (Å²) in [5, 5.41) is 0. The lowest BCUT2D eigenvalue weighted by Crippen LogP contribution is -2.16. The minimum Gasteiger partial charge on any atom is -0.497 e. The number of hydrogen-bond donors (Lipinski definition) is 0. The van der Waals surface area contributed by atoms with Crippen LogP contribution < -0.4 is 9.47 Å². The molecule has 16 heavy (non-hydrogen) atoms. The van der Waals surface area contributed by atoms with Gasteiger partial charge in [-0.05, 0) is 12.1 Å². The van der Waals surface area contributed by atoms with Crippen molar-refractivity contribution < 1.29 is 18.9 Å². The molecular weight excluding hydrogens is 208 g/mol. The van der Waals surface area contributed by atoms with Gasteiger partial charge in [-0.2, -0.15) is 0 Å². The zero-order valence-corrected chi connectivity index (χ0v) is 9.93. The highest BCUT2D eigenvalue weighted by Crippen LogP contribution is 2.19. The fraction of sp³-hybridized carbons (Fsp3) is 0.500. The lowest BCUT2D eigenvalue weighted by atomic mass is 10.3. The lowest BCUT2D eigenvalue weighted by Gasteiger charge is -2.13. The Morgan fingerprint density at radius 3 is 2.38 bits per heavy atom. The monoisotopic (exact) mass is 226 g/mol. The van der Waals surface area contributed by atoms with Crippen molar-refractivity contribution in [2.75, 3.05) is 27.9 Å². The summed E-state index contributed by atoms with van der Waals surface area (Å²) < 4.78 is 20.7. The Labute approximate surface area is 96.1 Å². The van der Waals surface area contributed by atoms with Crippen molar-refractivity contribution in [3.63, 3.8) is 0 Å². The van der Waals surface area contributed by atoms with Crippen molar-refractivity contribution in [1.82, 2.24) is 0 Å². The molecule has 90 valence electrons. The van der Waals surface area contributed by atoms with Crippen LogP contribution >= 0.6 is 0 Å². The molecule has 1 aromatic rings. The first-order chi connectivity index (χ1) is 7.80. The van der Waals surface area contributed by atoms with E-state index in [0.29, 0.717) is 13.0 Å². The lowest BCUT2D eigenvalue weighted by molar-refractivity contribution is -0.110. The van der Waals surface area contributed by atoms with E-state index < -0.39 is 0 Å². The maximum Gasteiger partial charge on any atom is 0.160 e. The number of ether oxygens (including phenoxy) is 4. The predicted octanol–water partition coefficient (Wildman–Crippen LogP) is 2.08. The van der Waals surface area contributed by atoms with Gasteiger partial charge in [-0.1, -0.05) is 6.07 Å². The SMILES string of the molecule is COc1cccc(OCCC(OC)OC)c1. The minimum atomic E-state index is -0.217. The van der Waals surface area contributed by atoms with Crippen molar-refractivity contribution in [1.29, 1.82) is 0 Å². The van der Waals surface area contributed by atoms with Gasteiger partial charge in [-0.3, -0.25) is 0 Å². The topological polar surface area (TPSA) is 36.9 Å². The Morgan fingerprint density at radius 1 is 1.06 bits per heavy atom. The molecule has 4 nitrogen and oxygen atoms in total. The summed E-state index contributed by atoms with van der Waals surface area (Å²) in [6.07, 6.45) is 0.468. The van der Waals surface area contributed by atoms with E-state index in [-0.39, 0.29) is 6.29 Å². The van der Waals surface area contributed by atoms with Crippen molar-refractivity contribution in [2.45, 2.75) is 12.7 Å². The second kappa shape index (κ2) is 7.09. The van der Waals surface area contributed by atoms with E-state index in [0.717, 1.165) is 11.5 Å². The first-order valence-electron chi connectivity index (χ1n) is 5.12. The zero-order chi connectivity index (χ0) is 11.8. The van der Waals surface area contributed by atoms with Crippen LogP contribution in [0.5, 0.6) is 11.5 Å². The van der Waals surface area contributed by atoms with E-state index in [1.54, 1.807) is 21.3 Å². The molecule has 1 rings (SSSR count). The van der Waals surface area contributed by atoms with Gasteiger partial charge in [-0.25, -0.2) is 0 Å². The summed E-state index contributed by atoms with van der Waals surface area (Å²) >= 11 is 0. The van der Waals surface area contributed by atoms with Crippen LogP contribution in [-0.4, -0.2) is 34.2 Å². The van der Waals surface area contributed by atoms with E-state index in [1.165, 1.54) is 0 Å². The third-order valence-electron chi connectivity index (χ3n) is 2.19. The Balaban J connectivity index is 2.36. The summed E-state index contributed by atoms with van der Waals surface area (Å²) in [7, 11) is 4.85. The fourth-order valence-corrected chi connectivity index (χ4v) is 1.30. The van der Waals surface area contributed by atoms with E-state index in [9.17, 15) is 0 Å². The Bertz CT molecular complexity index is 297. The van der Waals surface area contributed by atoms with Gasteiger partial charge in [0.05, 0.1) is 13.7 Å². The van der Waals surface area contributed by atoms with Gasteiger partial charge in [0.2, 0.25) is 0 Å². The normalized spacial score (nSPS) is 10.5. The van der Waals surface area contributed by atoms with Gasteiger partial charge in [-0.15, -0.1) is 0 Å². The highest BCUT2D eigenvalue weighted by atomic mass is 16.7. The second-order valence-electron chi connectivity index (χ2n) is 3.22. The van der Waals surface area contributed by atoms with Crippen molar-refractivity contribution in [2.24, 2.45) is 0 Å². The van der Waals surface area contributed by atoms with E-state index in [2.05, 4.69) is 0 Å². The molecule has 0 bridgehead atoms. The minimum absolute atomic E-state index is 0.217. The van der Waals surface area contributed by atoms with Crippen molar-refractivity contribution in [3.05, 3.63) is 24.3 Å². The van der Waals surface area contributed by atoms with Crippen LogP contribution in [0.4, 0.5) is 0 Å². The van der Waals surface area contributed by atoms with Gasteiger partial charge < -0.3 is 18.9 Å². The maximum atomic E-state index is 5.54. The van der Waals surface area contributed by atoms with E-state index in [4.69, 9.17) is 18.9 Å². The van der Waals surface area contributed by atoms with Crippen LogP contribution in [-0.2, 0) is 9.47 Å². The molecule has 1 aromatic carbocycles. The molecule has 0 atom stereocenters. The summed E-state index contributed by atoms with van der Waals surface area (Å²) in [4.78, 5) is 0. The maximum absolute atomic E-state index is 5.54. The number of benzene rings is 1. The average molecular weight is 226 g/mol. The molecule has 0 aliphatic rings. The van der Waals surface area contributed by atoms with Gasteiger partial charge in [0.1, 0.15) is 11.5 Å². The smallest absolute Gasteiger partial charge is 0.160 e. The molecule has 0 fully saturated rings. The Kier molecular flexibility index (Phi) is 5.67. The molecule has 0 amide bonds. The van der Waals surface area contributed by atoms with Gasteiger partial charge >= 0.3 is 0 Å². The molecule has 0 spiro atoms. The van der Waals surface area contributed by atoms with Crippen LogP contribution in [0.15, 0.2) is 24.3 Å². The molecule has 0 N–H and O–H groups in total. The molecule has 0 saturated carbocycles. The summed E-state index contributed by atoms with van der Waals surface area (Å²) in [5.74, 6) is 1.57. The van der Waals surface area contributed by atoms with Crippen molar-refractivity contribution >= 4 is 0 Å². The molecule has 0 unspecified atom stereocenters. The molecule has 0 radical (unpaired) electrons. The Morgan fingerprint density at radius 2 is 1.75 bits per heavy atom. The highest BCUT2D eigenvalue weighted by Gasteiger charge is 2.05. The molecule has 0 heterocycles. The molecule has 0 aliphatic heterocycles. The van der Waals surface area contributed by atoms with Gasteiger partial charge in [0.15, 0.2) is 6.29 Å². The van der Waals surface area contributed by atoms with E-state index >= 15 is 0 Å². The van der Waals surface area contributed by atoms with Gasteiger partial charge in [0, 0.05) is 26.7 Å². The molecular formula is C12H18O4.